The molecular weight excluding hydrogens is 268 g/mol. The van der Waals surface area contributed by atoms with Crippen LogP contribution in [0.2, 0.25) is 0 Å². The molecule has 1 aliphatic carbocycles. The van der Waals surface area contributed by atoms with E-state index < -0.39 is 6.04 Å². The van der Waals surface area contributed by atoms with Crippen molar-refractivity contribution in [3.05, 3.63) is 0 Å². The van der Waals surface area contributed by atoms with Gasteiger partial charge in [-0.2, -0.15) is 0 Å². The molecule has 1 aliphatic rings. The first-order valence-electron chi connectivity index (χ1n) is 8.14. The van der Waals surface area contributed by atoms with Gasteiger partial charge < -0.3 is 15.7 Å². The molecule has 0 aliphatic heterocycles. The Morgan fingerprint density at radius 2 is 1.76 bits per heavy atom. The van der Waals surface area contributed by atoms with E-state index in [4.69, 9.17) is 0 Å². The molecule has 0 saturated heterocycles. The molecule has 5 nitrogen and oxygen atoms in total. The Morgan fingerprint density at radius 1 is 1.14 bits per heavy atom. The van der Waals surface area contributed by atoms with Crippen molar-refractivity contribution in [2.75, 3.05) is 7.05 Å². The molecule has 1 rings (SSSR count). The Kier molecular flexibility index (Phi) is 7.72. The zero-order valence-corrected chi connectivity index (χ0v) is 13.5. The molecule has 122 valence electrons. The Morgan fingerprint density at radius 3 is 2.29 bits per heavy atom. The maximum atomic E-state index is 11.8. The van der Waals surface area contributed by atoms with Crippen LogP contribution in [0, 0.1) is 11.8 Å². The lowest BCUT2D eigenvalue weighted by molar-refractivity contribution is -0.130. The third-order valence-corrected chi connectivity index (χ3v) is 4.33. The highest BCUT2D eigenvalue weighted by molar-refractivity contribution is 5.88. The van der Waals surface area contributed by atoms with Gasteiger partial charge in [0.05, 0.1) is 6.10 Å². The van der Waals surface area contributed by atoms with Gasteiger partial charge in [-0.25, -0.2) is 0 Å². The van der Waals surface area contributed by atoms with E-state index in [-0.39, 0.29) is 23.8 Å². The van der Waals surface area contributed by atoms with Gasteiger partial charge >= 0.3 is 0 Å². The summed E-state index contributed by atoms with van der Waals surface area (Å²) in [5, 5.41) is 14.9. The fourth-order valence-corrected chi connectivity index (χ4v) is 2.83. The van der Waals surface area contributed by atoms with Crippen LogP contribution in [0.5, 0.6) is 0 Å². The quantitative estimate of drug-likeness (QED) is 0.668. The first-order chi connectivity index (χ1) is 9.93. The molecule has 0 bridgehead atoms. The summed E-state index contributed by atoms with van der Waals surface area (Å²) in [6.07, 6.45) is 6.49. The second kappa shape index (κ2) is 9.03. The van der Waals surface area contributed by atoms with Gasteiger partial charge in [0.15, 0.2) is 0 Å². The van der Waals surface area contributed by atoms with Crippen LogP contribution in [0.15, 0.2) is 0 Å². The maximum absolute atomic E-state index is 11.8. The van der Waals surface area contributed by atoms with Crippen LogP contribution in [-0.4, -0.2) is 36.1 Å². The minimum Gasteiger partial charge on any atom is -0.393 e. The summed E-state index contributed by atoms with van der Waals surface area (Å²) in [5.74, 6) is 0.337. The van der Waals surface area contributed by atoms with Gasteiger partial charge in [-0.1, -0.05) is 26.7 Å². The number of aliphatic hydroxyl groups is 1. The minimum atomic E-state index is -0.431. The Bertz CT molecular complexity index is 336. The molecule has 2 amide bonds. The van der Waals surface area contributed by atoms with Crippen molar-refractivity contribution in [2.24, 2.45) is 11.8 Å². The highest BCUT2D eigenvalue weighted by Crippen LogP contribution is 2.28. The van der Waals surface area contributed by atoms with E-state index >= 15 is 0 Å². The fourth-order valence-electron chi connectivity index (χ4n) is 2.83. The molecule has 21 heavy (non-hydrogen) atoms. The van der Waals surface area contributed by atoms with Crippen LogP contribution in [-0.2, 0) is 9.59 Å². The van der Waals surface area contributed by atoms with Crippen molar-refractivity contribution >= 4 is 11.8 Å². The van der Waals surface area contributed by atoms with Crippen LogP contribution >= 0.6 is 0 Å². The van der Waals surface area contributed by atoms with E-state index in [9.17, 15) is 14.7 Å². The third kappa shape index (κ3) is 6.46. The summed E-state index contributed by atoms with van der Waals surface area (Å²) in [6, 6.07) is -0.431. The Hall–Kier alpha value is -1.10. The molecule has 5 heteroatoms. The highest BCUT2D eigenvalue weighted by Gasteiger charge is 2.23. The first kappa shape index (κ1) is 18.0. The fraction of sp³-hybridized carbons (Fsp3) is 0.875. The molecule has 0 aromatic rings. The monoisotopic (exact) mass is 298 g/mol. The zero-order chi connectivity index (χ0) is 15.8. The van der Waals surface area contributed by atoms with Crippen molar-refractivity contribution in [1.29, 1.82) is 0 Å². The molecule has 1 unspecified atom stereocenters. The highest BCUT2D eigenvalue weighted by atomic mass is 16.3. The average molecular weight is 298 g/mol. The Labute approximate surface area is 127 Å². The number of rotatable bonds is 7. The second-order valence-corrected chi connectivity index (χ2v) is 6.44. The predicted octanol–water partition coefficient (Wildman–Crippen LogP) is 1.59. The lowest BCUT2D eigenvalue weighted by Gasteiger charge is -2.26. The number of hydrogen-bond acceptors (Lipinski definition) is 3. The lowest BCUT2D eigenvalue weighted by atomic mass is 9.84. The van der Waals surface area contributed by atoms with Gasteiger partial charge in [-0.15, -0.1) is 0 Å². The lowest BCUT2D eigenvalue weighted by Crippen LogP contribution is -2.47. The molecule has 0 radical (unpaired) electrons. The molecular formula is C16H30N2O3. The standard InChI is InChI=1S/C16H30N2O3/c1-11(2)15(20)18-14(16(21)17-3)6-4-5-12-7-9-13(19)10-8-12/h11-14,19H,4-10H2,1-3H3,(H,17,21)(H,18,20). The number of likely N-dealkylation sites (N-methyl/N-ethyl adjacent to an activating group) is 1. The zero-order valence-electron chi connectivity index (χ0n) is 13.5. The number of carbonyl (C=O) groups is 2. The number of hydrogen-bond donors (Lipinski definition) is 3. The number of nitrogens with one attached hydrogen (secondary N) is 2. The normalized spacial score (nSPS) is 23.7. The van der Waals surface area contributed by atoms with Crippen LogP contribution in [0.25, 0.3) is 0 Å². The molecule has 0 aromatic carbocycles. The molecule has 1 atom stereocenters. The van der Waals surface area contributed by atoms with Gasteiger partial charge in [0.2, 0.25) is 11.8 Å². The maximum Gasteiger partial charge on any atom is 0.242 e. The van der Waals surface area contributed by atoms with E-state index in [1.165, 1.54) is 0 Å². The largest absolute Gasteiger partial charge is 0.393 e. The van der Waals surface area contributed by atoms with Gasteiger partial charge in [-0.05, 0) is 38.0 Å². The summed E-state index contributed by atoms with van der Waals surface area (Å²) >= 11 is 0. The summed E-state index contributed by atoms with van der Waals surface area (Å²) in [6.45, 7) is 3.65. The van der Waals surface area contributed by atoms with E-state index in [0.29, 0.717) is 12.3 Å². The third-order valence-electron chi connectivity index (χ3n) is 4.33. The number of aliphatic hydroxyl groups excluding tert-OH is 1. The SMILES string of the molecule is CNC(=O)C(CCCC1CCC(O)CC1)NC(=O)C(C)C. The topological polar surface area (TPSA) is 78.4 Å². The smallest absolute Gasteiger partial charge is 0.242 e. The van der Waals surface area contributed by atoms with E-state index in [1.807, 2.05) is 13.8 Å². The molecule has 0 spiro atoms. The molecule has 0 heterocycles. The molecule has 1 fully saturated rings. The molecule has 0 aromatic heterocycles. The number of amides is 2. The summed E-state index contributed by atoms with van der Waals surface area (Å²) in [5.41, 5.74) is 0. The van der Waals surface area contributed by atoms with Gasteiger partial charge in [0, 0.05) is 13.0 Å². The van der Waals surface area contributed by atoms with E-state index in [1.54, 1.807) is 7.05 Å². The van der Waals surface area contributed by atoms with E-state index in [2.05, 4.69) is 10.6 Å². The predicted molar refractivity (Wildman–Crippen MR) is 82.7 cm³/mol. The van der Waals surface area contributed by atoms with Gasteiger partial charge in [0.25, 0.3) is 0 Å². The number of carbonyl (C=O) groups excluding carboxylic acids is 2. The minimum absolute atomic E-state index is 0.0793. The summed E-state index contributed by atoms with van der Waals surface area (Å²) < 4.78 is 0. The van der Waals surface area contributed by atoms with Crippen LogP contribution in [0.4, 0.5) is 0 Å². The van der Waals surface area contributed by atoms with Gasteiger partial charge in [0.1, 0.15) is 6.04 Å². The summed E-state index contributed by atoms with van der Waals surface area (Å²) in [4.78, 5) is 23.6. The van der Waals surface area contributed by atoms with Crippen molar-refractivity contribution in [3.63, 3.8) is 0 Å². The van der Waals surface area contributed by atoms with Gasteiger partial charge in [-0.3, -0.25) is 9.59 Å². The first-order valence-corrected chi connectivity index (χ1v) is 8.14. The average Bonchev–Trinajstić information content (AvgIpc) is 2.47. The van der Waals surface area contributed by atoms with E-state index in [0.717, 1.165) is 38.5 Å². The summed E-state index contributed by atoms with van der Waals surface area (Å²) in [7, 11) is 1.60. The van der Waals surface area contributed by atoms with Crippen LogP contribution < -0.4 is 10.6 Å². The van der Waals surface area contributed by atoms with Crippen LogP contribution in [0.3, 0.4) is 0 Å². The van der Waals surface area contributed by atoms with Crippen LogP contribution in [0.1, 0.15) is 58.8 Å². The molecule has 1 saturated carbocycles. The molecule has 3 N–H and O–H groups in total. The van der Waals surface area contributed by atoms with Crippen molar-refractivity contribution in [1.82, 2.24) is 10.6 Å². The van der Waals surface area contributed by atoms with Crippen molar-refractivity contribution in [3.8, 4) is 0 Å². The Balaban J connectivity index is 2.35. The van der Waals surface area contributed by atoms with Crippen molar-refractivity contribution in [2.45, 2.75) is 70.9 Å². The van der Waals surface area contributed by atoms with Crippen molar-refractivity contribution < 1.29 is 14.7 Å². The second-order valence-electron chi connectivity index (χ2n) is 6.44.